The normalized spacial score (nSPS) is 43.3. The number of allylic oxidation sites excluding steroid dienone is 1. The second-order valence-electron chi connectivity index (χ2n) is 6.64. The van der Waals surface area contributed by atoms with E-state index in [-0.39, 0.29) is 19.8 Å². The second kappa shape index (κ2) is 10.8. The maximum atomic E-state index is 10.1. The van der Waals surface area contributed by atoms with E-state index in [1.807, 2.05) is 19.1 Å². The van der Waals surface area contributed by atoms with Crippen molar-refractivity contribution in [2.75, 3.05) is 19.8 Å². The highest BCUT2D eigenvalue weighted by atomic mass is 16.7. The van der Waals surface area contributed by atoms with Crippen molar-refractivity contribution in [3.63, 3.8) is 0 Å². The first-order valence-corrected chi connectivity index (χ1v) is 9.10. The molecule has 0 aromatic rings. The first-order valence-electron chi connectivity index (χ1n) is 9.10. The average Bonchev–Trinajstić information content (AvgIpc) is 2.66. The highest BCUT2D eigenvalue weighted by molar-refractivity contribution is 4.90. The number of aliphatic hydroxyl groups is 6. The van der Waals surface area contributed by atoms with Crippen molar-refractivity contribution < 1.29 is 49.6 Å². The molecule has 0 amide bonds. The van der Waals surface area contributed by atoms with Crippen molar-refractivity contribution in [2.45, 2.75) is 75.1 Å². The van der Waals surface area contributed by atoms with Crippen LogP contribution in [0.5, 0.6) is 0 Å². The summed E-state index contributed by atoms with van der Waals surface area (Å²) in [7, 11) is 0. The summed E-state index contributed by atoms with van der Waals surface area (Å²) in [5.74, 6) is 0. The summed E-state index contributed by atoms with van der Waals surface area (Å²) in [6, 6.07) is 0. The zero-order valence-corrected chi connectivity index (χ0v) is 15.2. The predicted molar refractivity (Wildman–Crippen MR) is 90.4 cm³/mol. The fourth-order valence-electron chi connectivity index (χ4n) is 2.84. The van der Waals surface area contributed by atoms with Crippen LogP contribution >= 0.6 is 0 Å². The Morgan fingerprint density at radius 2 is 1.56 bits per heavy atom. The monoisotopic (exact) mass is 394 g/mol. The molecule has 0 aliphatic carbocycles. The van der Waals surface area contributed by atoms with Gasteiger partial charge in [-0.25, -0.2) is 0 Å². The zero-order chi connectivity index (χ0) is 20.0. The molecular weight excluding hydrogens is 364 g/mol. The Bertz CT molecular complexity index is 461. The molecule has 9 unspecified atom stereocenters. The van der Waals surface area contributed by atoms with Gasteiger partial charge < -0.3 is 49.6 Å². The molecule has 10 nitrogen and oxygen atoms in total. The van der Waals surface area contributed by atoms with Gasteiger partial charge in [-0.15, -0.1) is 0 Å². The van der Waals surface area contributed by atoms with Gasteiger partial charge in [0.25, 0.3) is 0 Å². The number of hydrogen-bond donors (Lipinski definition) is 6. The number of rotatable bonds is 8. The molecule has 2 rings (SSSR count). The number of hydrogen-bond acceptors (Lipinski definition) is 10. The lowest BCUT2D eigenvalue weighted by Crippen LogP contribution is -2.60. The average molecular weight is 394 g/mol. The molecule has 27 heavy (non-hydrogen) atoms. The Morgan fingerprint density at radius 3 is 2.26 bits per heavy atom. The molecule has 10 heteroatoms. The van der Waals surface area contributed by atoms with E-state index in [2.05, 4.69) is 0 Å². The summed E-state index contributed by atoms with van der Waals surface area (Å²) in [6.45, 7) is 1.73. The Hall–Kier alpha value is -0.660. The Balaban J connectivity index is 1.86. The van der Waals surface area contributed by atoms with Crippen molar-refractivity contribution in [1.29, 1.82) is 0 Å². The molecule has 2 aliphatic rings. The quantitative estimate of drug-likeness (QED) is 0.194. The minimum atomic E-state index is -1.51. The largest absolute Gasteiger partial charge is 0.388 e. The Labute approximate surface area is 157 Å². The van der Waals surface area contributed by atoms with Gasteiger partial charge in [-0.05, 0) is 12.8 Å². The van der Waals surface area contributed by atoms with Gasteiger partial charge in [0.05, 0.1) is 19.8 Å². The molecule has 9 atom stereocenters. The molecule has 0 saturated carbocycles. The molecule has 2 fully saturated rings. The summed E-state index contributed by atoms with van der Waals surface area (Å²) >= 11 is 0. The van der Waals surface area contributed by atoms with Crippen molar-refractivity contribution in [1.82, 2.24) is 0 Å². The van der Waals surface area contributed by atoms with Crippen LogP contribution in [0.4, 0.5) is 0 Å². The van der Waals surface area contributed by atoms with E-state index < -0.39 is 55.3 Å². The molecule has 6 N–H and O–H groups in total. The van der Waals surface area contributed by atoms with Gasteiger partial charge >= 0.3 is 0 Å². The van der Waals surface area contributed by atoms with E-state index in [0.29, 0.717) is 6.42 Å². The third-order valence-electron chi connectivity index (χ3n) is 4.52. The van der Waals surface area contributed by atoms with Crippen LogP contribution in [-0.4, -0.2) is 106 Å². The van der Waals surface area contributed by atoms with Crippen LogP contribution < -0.4 is 0 Å². The first kappa shape index (κ1) is 22.6. The summed E-state index contributed by atoms with van der Waals surface area (Å²) in [5, 5.41) is 59.0. The van der Waals surface area contributed by atoms with E-state index in [0.717, 1.165) is 6.42 Å². The fraction of sp³-hybridized carbons (Fsp3) is 0.882. The maximum absolute atomic E-state index is 10.1. The van der Waals surface area contributed by atoms with Gasteiger partial charge in [0.2, 0.25) is 0 Å². The number of ether oxygens (including phenoxy) is 4. The molecular formula is C17H30O10. The molecule has 2 heterocycles. The van der Waals surface area contributed by atoms with E-state index in [9.17, 15) is 30.6 Å². The summed E-state index contributed by atoms with van der Waals surface area (Å²) in [5.41, 5.74) is 0. The Kier molecular flexibility index (Phi) is 9.02. The van der Waals surface area contributed by atoms with Crippen LogP contribution in [0.3, 0.4) is 0 Å². The van der Waals surface area contributed by atoms with Gasteiger partial charge in [0.1, 0.15) is 42.7 Å². The van der Waals surface area contributed by atoms with Crippen molar-refractivity contribution in [3.05, 3.63) is 12.2 Å². The van der Waals surface area contributed by atoms with Crippen LogP contribution in [0.1, 0.15) is 19.8 Å². The molecule has 0 aromatic carbocycles. The first-order chi connectivity index (χ1) is 12.9. The third kappa shape index (κ3) is 5.91. The topological polar surface area (TPSA) is 158 Å². The van der Waals surface area contributed by atoms with Crippen LogP contribution in [0, 0.1) is 0 Å². The van der Waals surface area contributed by atoms with Gasteiger partial charge in [-0.1, -0.05) is 19.1 Å². The summed E-state index contributed by atoms with van der Waals surface area (Å²) in [6.07, 6.45) is -6.59. The number of aliphatic hydroxyl groups excluding tert-OH is 6. The molecule has 0 aromatic heterocycles. The lowest BCUT2D eigenvalue weighted by molar-refractivity contribution is -0.320. The SMILES string of the molecule is CCC=CCCOC1OC(COC2OCC(O)C(O)C2O)C(O)C(O)C1O. The zero-order valence-electron chi connectivity index (χ0n) is 15.2. The molecule has 2 saturated heterocycles. The van der Waals surface area contributed by atoms with Gasteiger partial charge in [-0.2, -0.15) is 0 Å². The van der Waals surface area contributed by atoms with Crippen molar-refractivity contribution in [3.8, 4) is 0 Å². The van der Waals surface area contributed by atoms with Crippen molar-refractivity contribution in [2.24, 2.45) is 0 Å². The second-order valence-corrected chi connectivity index (χ2v) is 6.64. The standard InChI is InChI=1S/C17H30O10/c1-2-3-4-5-6-24-17-15(23)13(21)12(20)10(27-17)8-26-16-14(22)11(19)9(18)7-25-16/h3-4,9-23H,2,5-8H2,1H3. The van der Waals surface area contributed by atoms with Crippen LogP contribution in [0.25, 0.3) is 0 Å². The smallest absolute Gasteiger partial charge is 0.186 e. The lowest BCUT2D eigenvalue weighted by atomic mass is 9.99. The van der Waals surface area contributed by atoms with E-state index >= 15 is 0 Å². The highest BCUT2D eigenvalue weighted by Crippen LogP contribution is 2.24. The van der Waals surface area contributed by atoms with Crippen molar-refractivity contribution >= 4 is 0 Å². The maximum Gasteiger partial charge on any atom is 0.186 e. The fourth-order valence-corrected chi connectivity index (χ4v) is 2.84. The third-order valence-corrected chi connectivity index (χ3v) is 4.52. The van der Waals surface area contributed by atoms with E-state index in [4.69, 9.17) is 18.9 Å². The van der Waals surface area contributed by atoms with Crippen LogP contribution in [0.2, 0.25) is 0 Å². The van der Waals surface area contributed by atoms with E-state index in [1.54, 1.807) is 0 Å². The highest BCUT2D eigenvalue weighted by Gasteiger charge is 2.45. The van der Waals surface area contributed by atoms with E-state index in [1.165, 1.54) is 0 Å². The van der Waals surface area contributed by atoms with Crippen LogP contribution in [-0.2, 0) is 18.9 Å². The molecule has 0 spiro atoms. The predicted octanol–water partition coefficient (Wildman–Crippen LogP) is -2.38. The molecule has 0 radical (unpaired) electrons. The molecule has 2 aliphatic heterocycles. The van der Waals surface area contributed by atoms with Gasteiger partial charge in [0, 0.05) is 0 Å². The summed E-state index contributed by atoms with van der Waals surface area (Å²) < 4.78 is 21.3. The Morgan fingerprint density at radius 1 is 0.852 bits per heavy atom. The lowest BCUT2D eigenvalue weighted by Gasteiger charge is -2.41. The van der Waals surface area contributed by atoms with Crippen LogP contribution in [0.15, 0.2) is 12.2 Å². The molecule has 158 valence electrons. The van der Waals surface area contributed by atoms with Gasteiger partial charge in [-0.3, -0.25) is 0 Å². The molecule has 0 bridgehead atoms. The summed E-state index contributed by atoms with van der Waals surface area (Å²) in [4.78, 5) is 0. The van der Waals surface area contributed by atoms with Gasteiger partial charge in [0.15, 0.2) is 12.6 Å². The minimum absolute atomic E-state index is 0.227. The minimum Gasteiger partial charge on any atom is -0.388 e.